The van der Waals surface area contributed by atoms with E-state index in [2.05, 4.69) is 5.32 Å². The van der Waals surface area contributed by atoms with Crippen LogP contribution in [0.3, 0.4) is 0 Å². The van der Waals surface area contributed by atoms with Gasteiger partial charge >= 0.3 is 5.97 Å². The summed E-state index contributed by atoms with van der Waals surface area (Å²) in [5.41, 5.74) is 0.341. The molecule has 3 aromatic rings. The van der Waals surface area contributed by atoms with Crippen molar-refractivity contribution in [1.29, 1.82) is 0 Å². The summed E-state index contributed by atoms with van der Waals surface area (Å²) in [5, 5.41) is 14.0. The number of alkyl halides is 2. The summed E-state index contributed by atoms with van der Waals surface area (Å²) < 4.78 is 29.5. The van der Waals surface area contributed by atoms with E-state index in [1.807, 2.05) is 6.07 Å². The topological polar surface area (TPSA) is 75.6 Å². The molecule has 28 heavy (non-hydrogen) atoms. The smallest absolute Gasteiger partial charge is 0.342 e. The Morgan fingerprint density at radius 3 is 2.32 bits per heavy atom. The summed E-state index contributed by atoms with van der Waals surface area (Å²) in [6.45, 7) is -0.557. The maximum absolute atomic E-state index is 12.3. The number of esters is 1. The number of carbonyl (C=O) groups excluding carboxylic acids is 2. The fourth-order valence-electron chi connectivity index (χ4n) is 2.52. The van der Waals surface area contributed by atoms with Gasteiger partial charge in [0.05, 0.1) is 0 Å². The molecule has 144 valence electrons. The third kappa shape index (κ3) is 4.98. The highest BCUT2D eigenvalue weighted by Gasteiger charge is 2.16. The van der Waals surface area contributed by atoms with E-state index in [0.717, 1.165) is 10.8 Å². The first-order chi connectivity index (χ1) is 13.4. The molecule has 0 saturated heterocycles. The Labute approximate surface area is 163 Å². The lowest BCUT2D eigenvalue weighted by Crippen LogP contribution is -2.21. The molecule has 0 heterocycles. The van der Waals surface area contributed by atoms with Gasteiger partial charge in [-0.05, 0) is 47.2 Å². The largest absolute Gasteiger partial charge is 0.507 e. The van der Waals surface area contributed by atoms with Crippen LogP contribution in [0.2, 0.25) is 0 Å². The van der Waals surface area contributed by atoms with Gasteiger partial charge in [0.2, 0.25) is 0 Å². The first-order valence-electron chi connectivity index (χ1n) is 8.16. The highest BCUT2D eigenvalue weighted by molar-refractivity contribution is 7.99. The maximum atomic E-state index is 12.3. The van der Waals surface area contributed by atoms with E-state index in [1.165, 1.54) is 36.4 Å². The monoisotopic (exact) mass is 403 g/mol. The van der Waals surface area contributed by atoms with Crippen LogP contribution < -0.4 is 5.32 Å². The molecule has 1 amide bonds. The predicted molar refractivity (Wildman–Crippen MR) is 103 cm³/mol. The number of ether oxygens (including phenoxy) is 1. The molecule has 0 radical (unpaired) electrons. The molecule has 0 aliphatic heterocycles. The minimum atomic E-state index is -2.52. The second kappa shape index (κ2) is 8.71. The van der Waals surface area contributed by atoms with Crippen molar-refractivity contribution in [3.8, 4) is 5.75 Å². The zero-order valence-corrected chi connectivity index (χ0v) is 15.2. The Morgan fingerprint density at radius 1 is 1.04 bits per heavy atom. The lowest BCUT2D eigenvalue weighted by molar-refractivity contribution is -0.119. The van der Waals surface area contributed by atoms with Crippen LogP contribution in [0.1, 0.15) is 10.4 Å². The lowest BCUT2D eigenvalue weighted by atomic mass is 10.1. The van der Waals surface area contributed by atoms with Gasteiger partial charge in [-0.2, -0.15) is 8.78 Å². The summed E-state index contributed by atoms with van der Waals surface area (Å²) in [7, 11) is 0. The molecular weight excluding hydrogens is 388 g/mol. The molecule has 0 spiro atoms. The number of rotatable bonds is 6. The Hall–Kier alpha value is -3.13. The summed E-state index contributed by atoms with van der Waals surface area (Å²) in [4.78, 5) is 24.5. The van der Waals surface area contributed by atoms with Gasteiger partial charge in [0.15, 0.2) is 6.61 Å². The number of hydrogen-bond donors (Lipinski definition) is 2. The van der Waals surface area contributed by atoms with Gasteiger partial charge < -0.3 is 15.2 Å². The Balaban J connectivity index is 1.58. The van der Waals surface area contributed by atoms with E-state index in [1.54, 1.807) is 18.2 Å². The molecule has 0 bridgehead atoms. The van der Waals surface area contributed by atoms with Crippen LogP contribution in [-0.4, -0.2) is 29.3 Å². The molecule has 0 aromatic heterocycles. The summed E-state index contributed by atoms with van der Waals surface area (Å²) >= 11 is 0.401. The molecule has 0 aliphatic carbocycles. The van der Waals surface area contributed by atoms with Gasteiger partial charge in [0, 0.05) is 10.6 Å². The van der Waals surface area contributed by atoms with E-state index in [9.17, 15) is 23.5 Å². The van der Waals surface area contributed by atoms with Crippen LogP contribution in [0.25, 0.3) is 10.8 Å². The Bertz CT molecular complexity index is 1010. The fourth-order valence-corrected chi connectivity index (χ4v) is 3.02. The number of aromatic hydroxyl groups is 1. The van der Waals surface area contributed by atoms with E-state index in [0.29, 0.717) is 22.3 Å². The summed E-state index contributed by atoms with van der Waals surface area (Å²) in [6, 6.07) is 16.0. The first-order valence-corrected chi connectivity index (χ1v) is 9.04. The number of amides is 1. The van der Waals surface area contributed by atoms with Crippen LogP contribution in [0, 0.1) is 0 Å². The predicted octanol–water partition coefficient (Wildman–Crippen LogP) is 4.66. The molecule has 3 rings (SSSR count). The van der Waals surface area contributed by atoms with Crippen molar-refractivity contribution in [2.24, 2.45) is 0 Å². The van der Waals surface area contributed by atoms with Crippen molar-refractivity contribution < 1.29 is 28.2 Å². The number of phenolic OH excluding ortho intramolecular Hbond substituents is 1. The molecule has 8 heteroatoms. The van der Waals surface area contributed by atoms with Gasteiger partial charge in [0.25, 0.3) is 11.7 Å². The molecular formula is C20H15F2NO4S. The normalized spacial score (nSPS) is 10.8. The van der Waals surface area contributed by atoms with Crippen LogP contribution >= 0.6 is 11.8 Å². The molecule has 0 atom stereocenters. The zero-order chi connectivity index (χ0) is 20.1. The van der Waals surface area contributed by atoms with Crippen LogP contribution in [-0.2, 0) is 9.53 Å². The minimum absolute atomic E-state index is 0.0418. The third-order valence-electron chi connectivity index (χ3n) is 3.78. The van der Waals surface area contributed by atoms with E-state index in [4.69, 9.17) is 4.74 Å². The number of anilines is 1. The first kappa shape index (κ1) is 19.6. The van der Waals surface area contributed by atoms with E-state index in [-0.39, 0.29) is 11.3 Å². The van der Waals surface area contributed by atoms with Gasteiger partial charge in [-0.25, -0.2) is 4.79 Å². The Kier molecular flexibility index (Phi) is 6.10. The number of fused-ring (bicyclic) bond motifs is 1. The highest BCUT2D eigenvalue weighted by Crippen LogP contribution is 2.27. The average Bonchev–Trinajstić information content (AvgIpc) is 2.66. The van der Waals surface area contributed by atoms with Crippen LogP contribution in [0.15, 0.2) is 65.6 Å². The molecule has 0 aliphatic rings. The molecule has 3 aromatic carbocycles. The minimum Gasteiger partial charge on any atom is -0.507 e. The van der Waals surface area contributed by atoms with Gasteiger partial charge in [0.1, 0.15) is 11.3 Å². The maximum Gasteiger partial charge on any atom is 0.342 e. The van der Waals surface area contributed by atoms with E-state index < -0.39 is 24.2 Å². The average molecular weight is 403 g/mol. The molecule has 0 unspecified atom stereocenters. The van der Waals surface area contributed by atoms with Gasteiger partial charge in [-0.1, -0.05) is 36.0 Å². The van der Waals surface area contributed by atoms with Crippen molar-refractivity contribution in [3.05, 3.63) is 66.2 Å². The molecule has 2 N–H and O–H groups in total. The lowest BCUT2D eigenvalue weighted by Gasteiger charge is -2.09. The van der Waals surface area contributed by atoms with Gasteiger partial charge in [-0.15, -0.1) is 0 Å². The second-order valence-electron chi connectivity index (χ2n) is 5.74. The number of thioether (sulfide) groups is 1. The molecule has 5 nitrogen and oxygen atoms in total. The quantitative estimate of drug-likeness (QED) is 0.463. The zero-order valence-electron chi connectivity index (χ0n) is 14.4. The number of hydrogen-bond acceptors (Lipinski definition) is 5. The number of benzene rings is 3. The van der Waals surface area contributed by atoms with Crippen molar-refractivity contribution in [1.82, 2.24) is 0 Å². The number of nitrogens with one attached hydrogen (secondary N) is 1. The summed E-state index contributed by atoms with van der Waals surface area (Å²) in [6.07, 6.45) is 0. The van der Waals surface area contributed by atoms with Crippen molar-refractivity contribution in [2.45, 2.75) is 10.7 Å². The van der Waals surface area contributed by atoms with Gasteiger partial charge in [-0.3, -0.25) is 4.79 Å². The van der Waals surface area contributed by atoms with Crippen molar-refractivity contribution >= 4 is 40.1 Å². The van der Waals surface area contributed by atoms with Crippen LogP contribution in [0.4, 0.5) is 14.5 Å². The summed E-state index contributed by atoms with van der Waals surface area (Å²) in [5.74, 6) is -4.19. The highest BCUT2D eigenvalue weighted by atomic mass is 32.2. The molecule has 0 fully saturated rings. The third-order valence-corrected chi connectivity index (χ3v) is 4.50. The van der Waals surface area contributed by atoms with Crippen LogP contribution in [0.5, 0.6) is 5.75 Å². The van der Waals surface area contributed by atoms with E-state index >= 15 is 0 Å². The number of carbonyl (C=O) groups is 2. The molecule has 0 saturated carbocycles. The number of halogens is 2. The second-order valence-corrected chi connectivity index (χ2v) is 6.81. The standard InChI is InChI=1S/C20H15F2NO4S/c21-20(22)28-15-7-5-14(6-8-15)23-18(25)11-27-19(26)16-9-12-3-1-2-4-13(12)10-17(16)24/h1-10,20,24H,11H2,(H,23,25). The fraction of sp³-hybridized carbons (Fsp3) is 0.100. The van der Waals surface area contributed by atoms with Crippen molar-refractivity contribution in [3.63, 3.8) is 0 Å². The SMILES string of the molecule is O=C(COC(=O)c1cc2ccccc2cc1O)Nc1ccc(SC(F)F)cc1. The number of phenols is 1. The Morgan fingerprint density at radius 2 is 1.68 bits per heavy atom. The van der Waals surface area contributed by atoms with Crippen molar-refractivity contribution in [2.75, 3.05) is 11.9 Å².